The first-order chi connectivity index (χ1) is 11.3. The summed E-state index contributed by atoms with van der Waals surface area (Å²) < 4.78 is 0.857. The van der Waals surface area contributed by atoms with Gasteiger partial charge in [0.1, 0.15) is 0 Å². The molecule has 0 aliphatic heterocycles. The smallest absolute Gasteiger partial charge is 0.206 e. The van der Waals surface area contributed by atoms with Gasteiger partial charge in [0.05, 0.1) is 6.10 Å². The van der Waals surface area contributed by atoms with Gasteiger partial charge in [0.15, 0.2) is 4.34 Å². The van der Waals surface area contributed by atoms with E-state index in [1.807, 2.05) is 48.5 Å². The van der Waals surface area contributed by atoms with Crippen LogP contribution in [0, 0.1) is 0 Å². The summed E-state index contributed by atoms with van der Waals surface area (Å²) >= 11 is 3.03. The highest BCUT2D eigenvalue weighted by Crippen LogP contribution is 2.29. The number of anilines is 1. The van der Waals surface area contributed by atoms with E-state index in [0.717, 1.165) is 21.6 Å². The molecular formula is C17H17N3OS2. The van der Waals surface area contributed by atoms with Crippen LogP contribution < -0.4 is 5.32 Å². The SMILES string of the molecule is OC(CSc1nnc(NCc2ccccc2)s1)c1ccccc1. The van der Waals surface area contributed by atoms with Crippen LogP contribution in [0.15, 0.2) is 65.0 Å². The first-order valence-corrected chi connectivity index (χ1v) is 9.08. The normalized spacial score (nSPS) is 12.0. The maximum absolute atomic E-state index is 10.2. The number of thioether (sulfide) groups is 1. The highest BCUT2D eigenvalue weighted by Gasteiger charge is 2.10. The van der Waals surface area contributed by atoms with Gasteiger partial charge in [0.2, 0.25) is 5.13 Å². The Kier molecular flexibility index (Phi) is 5.63. The zero-order valence-electron chi connectivity index (χ0n) is 12.4. The van der Waals surface area contributed by atoms with Crippen molar-refractivity contribution in [2.24, 2.45) is 0 Å². The van der Waals surface area contributed by atoms with Crippen LogP contribution in [-0.2, 0) is 6.54 Å². The van der Waals surface area contributed by atoms with E-state index < -0.39 is 6.10 Å². The molecule has 1 heterocycles. The fourth-order valence-corrected chi connectivity index (χ4v) is 3.78. The summed E-state index contributed by atoms with van der Waals surface area (Å²) in [4.78, 5) is 0. The second-order valence-electron chi connectivity index (χ2n) is 4.95. The van der Waals surface area contributed by atoms with Crippen molar-refractivity contribution in [2.75, 3.05) is 11.1 Å². The summed E-state index contributed by atoms with van der Waals surface area (Å²) in [6.45, 7) is 0.729. The Labute approximate surface area is 143 Å². The molecule has 1 aromatic heterocycles. The molecule has 6 heteroatoms. The Balaban J connectivity index is 1.49. The van der Waals surface area contributed by atoms with Gasteiger partial charge in [-0.1, -0.05) is 83.8 Å². The van der Waals surface area contributed by atoms with Crippen LogP contribution in [0.25, 0.3) is 0 Å². The third kappa shape index (κ3) is 4.79. The Bertz CT molecular complexity index is 719. The number of hydrogen-bond acceptors (Lipinski definition) is 6. The molecule has 3 aromatic rings. The van der Waals surface area contributed by atoms with E-state index in [0.29, 0.717) is 5.75 Å². The fraction of sp³-hybridized carbons (Fsp3) is 0.176. The van der Waals surface area contributed by atoms with Crippen molar-refractivity contribution >= 4 is 28.2 Å². The van der Waals surface area contributed by atoms with Crippen molar-refractivity contribution in [1.29, 1.82) is 0 Å². The fourth-order valence-electron chi connectivity index (χ4n) is 2.03. The summed E-state index contributed by atoms with van der Waals surface area (Å²) in [5.74, 6) is 0.567. The van der Waals surface area contributed by atoms with Crippen molar-refractivity contribution < 1.29 is 5.11 Å². The van der Waals surface area contributed by atoms with E-state index >= 15 is 0 Å². The van der Waals surface area contributed by atoms with E-state index in [1.165, 1.54) is 28.7 Å². The van der Waals surface area contributed by atoms with Crippen LogP contribution >= 0.6 is 23.1 Å². The first kappa shape index (κ1) is 16.0. The van der Waals surface area contributed by atoms with Crippen molar-refractivity contribution in [1.82, 2.24) is 10.2 Å². The highest BCUT2D eigenvalue weighted by molar-refractivity contribution is 8.01. The molecule has 23 heavy (non-hydrogen) atoms. The van der Waals surface area contributed by atoms with Crippen molar-refractivity contribution in [3.8, 4) is 0 Å². The average molecular weight is 343 g/mol. The number of aliphatic hydroxyl groups is 1. The summed E-state index contributed by atoms with van der Waals surface area (Å²) in [6, 6.07) is 19.8. The molecule has 0 fully saturated rings. The maximum Gasteiger partial charge on any atom is 0.206 e. The lowest BCUT2D eigenvalue weighted by molar-refractivity contribution is 0.204. The predicted molar refractivity (Wildman–Crippen MR) is 95.8 cm³/mol. The minimum Gasteiger partial charge on any atom is -0.388 e. The Morgan fingerprint density at radius 2 is 1.70 bits per heavy atom. The van der Waals surface area contributed by atoms with Gasteiger partial charge in [0.25, 0.3) is 0 Å². The number of nitrogens with zero attached hydrogens (tertiary/aromatic N) is 2. The molecule has 2 aromatic carbocycles. The molecule has 2 N–H and O–H groups in total. The lowest BCUT2D eigenvalue weighted by Crippen LogP contribution is -1.99. The molecule has 3 rings (SSSR count). The highest BCUT2D eigenvalue weighted by atomic mass is 32.2. The summed E-state index contributed by atoms with van der Waals surface area (Å²) in [6.07, 6.45) is -0.495. The minimum atomic E-state index is -0.495. The topological polar surface area (TPSA) is 58.0 Å². The molecule has 1 atom stereocenters. The lowest BCUT2D eigenvalue weighted by Gasteiger charge is -2.08. The van der Waals surface area contributed by atoms with Crippen molar-refractivity contribution in [3.63, 3.8) is 0 Å². The third-order valence-corrected chi connectivity index (χ3v) is 5.33. The van der Waals surface area contributed by atoms with Gasteiger partial charge >= 0.3 is 0 Å². The minimum absolute atomic E-state index is 0.495. The summed E-state index contributed by atoms with van der Waals surface area (Å²) in [5.41, 5.74) is 2.13. The largest absolute Gasteiger partial charge is 0.388 e. The molecule has 0 saturated carbocycles. The molecule has 0 aliphatic carbocycles. The monoisotopic (exact) mass is 343 g/mol. The molecular weight excluding hydrogens is 326 g/mol. The Morgan fingerprint density at radius 3 is 2.43 bits per heavy atom. The molecule has 0 amide bonds. The second-order valence-corrected chi connectivity index (χ2v) is 7.19. The first-order valence-electron chi connectivity index (χ1n) is 7.28. The molecule has 0 radical (unpaired) electrons. The number of benzene rings is 2. The van der Waals surface area contributed by atoms with Gasteiger partial charge < -0.3 is 10.4 Å². The number of hydrogen-bond donors (Lipinski definition) is 2. The zero-order chi connectivity index (χ0) is 15.9. The van der Waals surface area contributed by atoms with Crippen molar-refractivity contribution in [3.05, 3.63) is 71.8 Å². The van der Waals surface area contributed by atoms with Gasteiger partial charge in [-0.15, -0.1) is 10.2 Å². The van der Waals surface area contributed by atoms with Gasteiger partial charge in [0, 0.05) is 12.3 Å². The molecule has 4 nitrogen and oxygen atoms in total. The van der Waals surface area contributed by atoms with E-state index in [-0.39, 0.29) is 0 Å². The molecule has 0 saturated heterocycles. The Hall–Kier alpha value is -1.89. The van der Waals surface area contributed by atoms with Crippen LogP contribution in [0.5, 0.6) is 0 Å². The number of rotatable bonds is 7. The number of aliphatic hydroxyl groups excluding tert-OH is 1. The van der Waals surface area contributed by atoms with Crippen LogP contribution in [0.3, 0.4) is 0 Å². The van der Waals surface area contributed by atoms with Gasteiger partial charge in [-0.2, -0.15) is 0 Å². The van der Waals surface area contributed by atoms with E-state index in [9.17, 15) is 5.11 Å². The average Bonchev–Trinajstić information content (AvgIpc) is 3.07. The maximum atomic E-state index is 10.2. The number of aromatic nitrogens is 2. The third-order valence-electron chi connectivity index (χ3n) is 3.24. The van der Waals surface area contributed by atoms with E-state index in [4.69, 9.17) is 0 Å². The molecule has 118 valence electrons. The molecule has 0 aliphatic rings. The Morgan fingerprint density at radius 1 is 1.00 bits per heavy atom. The lowest BCUT2D eigenvalue weighted by atomic mass is 10.1. The standard InChI is InChI=1S/C17H17N3OS2/c21-15(14-9-5-2-6-10-14)12-22-17-20-19-16(23-17)18-11-13-7-3-1-4-8-13/h1-10,15,21H,11-12H2,(H,18,19). The molecule has 0 bridgehead atoms. The summed E-state index contributed by atoms with van der Waals surface area (Å²) in [5, 5.41) is 22.5. The van der Waals surface area contributed by atoms with Crippen LogP contribution in [0.4, 0.5) is 5.13 Å². The second kappa shape index (κ2) is 8.10. The van der Waals surface area contributed by atoms with Crippen LogP contribution in [0.1, 0.15) is 17.2 Å². The van der Waals surface area contributed by atoms with Gasteiger partial charge in [-0.3, -0.25) is 0 Å². The quantitative estimate of drug-likeness (QED) is 0.636. The van der Waals surface area contributed by atoms with Gasteiger partial charge in [-0.25, -0.2) is 0 Å². The predicted octanol–water partition coefficient (Wildman–Crippen LogP) is 3.98. The van der Waals surface area contributed by atoms with Crippen LogP contribution in [-0.4, -0.2) is 21.1 Å². The van der Waals surface area contributed by atoms with Crippen molar-refractivity contribution in [2.45, 2.75) is 17.0 Å². The molecule has 1 unspecified atom stereocenters. The summed E-state index contributed by atoms with van der Waals surface area (Å²) in [7, 11) is 0. The van der Waals surface area contributed by atoms with Gasteiger partial charge in [-0.05, 0) is 11.1 Å². The van der Waals surface area contributed by atoms with E-state index in [2.05, 4.69) is 27.6 Å². The zero-order valence-corrected chi connectivity index (χ0v) is 14.1. The van der Waals surface area contributed by atoms with Crippen LogP contribution in [0.2, 0.25) is 0 Å². The van der Waals surface area contributed by atoms with E-state index in [1.54, 1.807) is 0 Å². The number of nitrogens with one attached hydrogen (secondary N) is 1. The molecule has 0 spiro atoms.